The number of hydrogen-bond acceptors (Lipinski definition) is 5. The van der Waals surface area contributed by atoms with Crippen molar-refractivity contribution in [1.82, 2.24) is 0 Å². The lowest BCUT2D eigenvalue weighted by Crippen LogP contribution is -2.17. The van der Waals surface area contributed by atoms with Gasteiger partial charge in [-0.15, -0.1) is 11.3 Å². The number of benzene rings is 3. The molecule has 0 radical (unpaired) electrons. The summed E-state index contributed by atoms with van der Waals surface area (Å²) >= 11 is 1.29. The first-order valence-corrected chi connectivity index (χ1v) is 11.1. The number of hydrogen-bond donors (Lipinski definition) is 2. The number of aryl methyl sites for hydroxylation is 1. The highest BCUT2D eigenvalue weighted by Gasteiger charge is 2.16. The van der Waals surface area contributed by atoms with E-state index < -0.39 is 0 Å². The van der Waals surface area contributed by atoms with Gasteiger partial charge in [0.15, 0.2) is 11.5 Å². The minimum Gasteiger partial charge on any atom is -0.486 e. The van der Waals surface area contributed by atoms with E-state index in [1.165, 1.54) is 23.5 Å². The van der Waals surface area contributed by atoms with Gasteiger partial charge in [-0.3, -0.25) is 9.59 Å². The second-order valence-electron chi connectivity index (χ2n) is 7.59. The maximum absolute atomic E-state index is 13.5. The van der Waals surface area contributed by atoms with Crippen LogP contribution in [0.5, 0.6) is 11.5 Å². The first-order valence-electron chi connectivity index (χ1n) is 10.3. The third kappa shape index (κ3) is 4.38. The van der Waals surface area contributed by atoms with Crippen molar-refractivity contribution in [2.24, 2.45) is 0 Å². The third-order valence-corrected chi connectivity index (χ3v) is 6.36. The molecule has 2 amide bonds. The zero-order valence-electron chi connectivity index (χ0n) is 17.6. The molecule has 0 aliphatic carbocycles. The van der Waals surface area contributed by atoms with Crippen LogP contribution < -0.4 is 20.1 Å². The van der Waals surface area contributed by atoms with Crippen LogP contribution >= 0.6 is 11.3 Å². The molecule has 2 heterocycles. The van der Waals surface area contributed by atoms with Crippen molar-refractivity contribution < 1.29 is 23.5 Å². The zero-order chi connectivity index (χ0) is 22.9. The highest BCUT2D eigenvalue weighted by atomic mass is 32.1. The van der Waals surface area contributed by atoms with Crippen molar-refractivity contribution in [2.45, 2.75) is 6.92 Å². The number of amides is 2. The van der Waals surface area contributed by atoms with Gasteiger partial charge in [0.05, 0.1) is 4.88 Å². The summed E-state index contributed by atoms with van der Waals surface area (Å²) in [4.78, 5) is 26.0. The first kappa shape index (κ1) is 21.0. The fourth-order valence-electron chi connectivity index (χ4n) is 3.53. The van der Waals surface area contributed by atoms with Gasteiger partial charge in [-0.2, -0.15) is 0 Å². The lowest BCUT2D eigenvalue weighted by Gasteiger charge is -2.18. The van der Waals surface area contributed by atoms with Crippen molar-refractivity contribution in [3.8, 4) is 11.5 Å². The number of rotatable bonds is 4. The van der Waals surface area contributed by atoms with Crippen molar-refractivity contribution in [3.05, 3.63) is 82.5 Å². The second kappa shape index (κ2) is 8.55. The number of ether oxygens (including phenoxy) is 2. The van der Waals surface area contributed by atoms with Gasteiger partial charge in [-0.05, 0) is 72.5 Å². The minimum atomic E-state index is -0.343. The Morgan fingerprint density at radius 2 is 1.70 bits per heavy atom. The summed E-state index contributed by atoms with van der Waals surface area (Å²) in [6, 6.07) is 16.4. The first-order chi connectivity index (χ1) is 16.0. The maximum Gasteiger partial charge on any atom is 0.265 e. The molecule has 3 aromatic carbocycles. The highest BCUT2D eigenvalue weighted by molar-refractivity contribution is 7.20. The number of nitrogens with one attached hydrogen (secondary N) is 2. The van der Waals surface area contributed by atoms with Crippen LogP contribution in [0, 0.1) is 12.7 Å². The number of thiophene rings is 1. The van der Waals surface area contributed by atoms with Crippen LogP contribution in [0.3, 0.4) is 0 Å². The van der Waals surface area contributed by atoms with Crippen molar-refractivity contribution in [3.63, 3.8) is 0 Å². The number of fused-ring (bicyclic) bond motifs is 2. The van der Waals surface area contributed by atoms with Gasteiger partial charge in [0.2, 0.25) is 0 Å². The summed E-state index contributed by atoms with van der Waals surface area (Å²) in [7, 11) is 0. The van der Waals surface area contributed by atoms with E-state index in [0.717, 1.165) is 10.3 Å². The molecule has 0 saturated carbocycles. The normalized spacial score (nSPS) is 12.4. The molecular weight excluding hydrogens is 443 g/mol. The molecule has 0 fully saturated rings. The summed E-state index contributed by atoms with van der Waals surface area (Å²) < 4.78 is 25.3. The lowest BCUT2D eigenvalue weighted by molar-refractivity contribution is 0.102. The molecule has 5 rings (SSSR count). The third-order valence-electron chi connectivity index (χ3n) is 5.25. The molecule has 6 nitrogen and oxygen atoms in total. The fraction of sp³-hybridized carbons (Fsp3) is 0.120. The van der Waals surface area contributed by atoms with Crippen LogP contribution in [-0.4, -0.2) is 25.0 Å². The van der Waals surface area contributed by atoms with Crippen molar-refractivity contribution >= 4 is 44.6 Å². The summed E-state index contributed by atoms with van der Waals surface area (Å²) in [5.41, 5.74) is 2.38. The lowest BCUT2D eigenvalue weighted by atomic mass is 10.1. The predicted molar refractivity (Wildman–Crippen MR) is 126 cm³/mol. The molecule has 166 valence electrons. The summed E-state index contributed by atoms with van der Waals surface area (Å²) in [6.45, 7) is 2.78. The second-order valence-corrected chi connectivity index (χ2v) is 8.67. The van der Waals surface area contributed by atoms with E-state index in [4.69, 9.17) is 9.47 Å². The molecule has 1 aliphatic heterocycles. The maximum atomic E-state index is 13.5. The van der Waals surface area contributed by atoms with E-state index in [9.17, 15) is 14.0 Å². The molecule has 0 spiro atoms. The van der Waals surface area contributed by atoms with Crippen LogP contribution in [0.25, 0.3) is 10.1 Å². The Hall–Kier alpha value is -3.91. The molecule has 1 aliphatic rings. The summed E-state index contributed by atoms with van der Waals surface area (Å²) in [6.07, 6.45) is 0. The van der Waals surface area contributed by atoms with E-state index in [1.54, 1.807) is 42.5 Å². The Labute approximate surface area is 193 Å². The van der Waals surface area contributed by atoms with Crippen molar-refractivity contribution in [1.29, 1.82) is 0 Å². The minimum absolute atomic E-state index is 0.296. The standard InChI is InChI=1S/C25H19FN2O4S/c1-14-2-5-18(27-24(29)15-3-6-20-21(11-15)32-9-8-31-20)13-19(14)28-25(30)23-12-16-10-17(26)4-7-22(16)33-23/h2-7,10-13H,8-9H2,1H3,(H,27,29)(H,28,30). The molecule has 0 atom stereocenters. The van der Waals surface area contributed by atoms with E-state index in [-0.39, 0.29) is 17.6 Å². The summed E-state index contributed by atoms with van der Waals surface area (Å²) in [5, 5.41) is 6.42. The molecule has 0 bridgehead atoms. The van der Waals surface area contributed by atoms with Gasteiger partial charge >= 0.3 is 0 Å². The molecule has 8 heteroatoms. The molecule has 2 N–H and O–H groups in total. The van der Waals surface area contributed by atoms with Crippen LogP contribution in [-0.2, 0) is 0 Å². The molecular formula is C25H19FN2O4S. The van der Waals surface area contributed by atoms with Gasteiger partial charge < -0.3 is 20.1 Å². The smallest absolute Gasteiger partial charge is 0.265 e. The van der Waals surface area contributed by atoms with Gasteiger partial charge in [0.25, 0.3) is 11.8 Å². The molecule has 33 heavy (non-hydrogen) atoms. The van der Waals surface area contributed by atoms with E-state index in [0.29, 0.717) is 51.9 Å². The Kier molecular flexibility index (Phi) is 5.43. The number of carbonyl (C=O) groups excluding carboxylic acids is 2. The largest absolute Gasteiger partial charge is 0.486 e. The zero-order valence-corrected chi connectivity index (χ0v) is 18.4. The van der Waals surface area contributed by atoms with E-state index in [2.05, 4.69) is 10.6 Å². The van der Waals surface area contributed by atoms with Gasteiger partial charge in [-0.25, -0.2) is 4.39 Å². The number of carbonyl (C=O) groups is 2. The Bertz CT molecular complexity index is 1400. The molecule has 0 saturated heterocycles. The fourth-order valence-corrected chi connectivity index (χ4v) is 4.47. The average molecular weight is 463 g/mol. The van der Waals surface area contributed by atoms with E-state index >= 15 is 0 Å². The summed E-state index contributed by atoms with van der Waals surface area (Å²) in [5.74, 6) is 0.204. The molecule has 0 unspecified atom stereocenters. The topological polar surface area (TPSA) is 76.7 Å². The van der Waals surface area contributed by atoms with Gasteiger partial charge in [0.1, 0.15) is 19.0 Å². The van der Waals surface area contributed by atoms with Crippen LogP contribution in [0.4, 0.5) is 15.8 Å². The quantitative estimate of drug-likeness (QED) is 0.412. The van der Waals surface area contributed by atoms with Gasteiger partial charge in [-0.1, -0.05) is 6.07 Å². The van der Waals surface area contributed by atoms with Crippen LogP contribution in [0.2, 0.25) is 0 Å². The van der Waals surface area contributed by atoms with Crippen LogP contribution in [0.1, 0.15) is 25.6 Å². The predicted octanol–water partition coefficient (Wildman–Crippen LogP) is 5.62. The Balaban J connectivity index is 1.33. The Morgan fingerprint density at radius 1 is 0.879 bits per heavy atom. The van der Waals surface area contributed by atoms with Gasteiger partial charge in [0, 0.05) is 21.6 Å². The molecule has 4 aromatic rings. The van der Waals surface area contributed by atoms with Crippen LogP contribution in [0.15, 0.2) is 60.7 Å². The molecule has 1 aromatic heterocycles. The average Bonchev–Trinajstić information content (AvgIpc) is 3.24. The monoisotopic (exact) mass is 462 g/mol. The highest BCUT2D eigenvalue weighted by Crippen LogP contribution is 2.31. The Morgan fingerprint density at radius 3 is 2.55 bits per heavy atom. The van der Waals surface area contributed by atoms with Crippen molar-refractivity contribution in [2.75, 3.05) is 23.8 Å². The SMILES string of the molecule is Cc1ccc(NC(=O)c2ccc3c(c2)OCCO3)cc1NC(=O)c1cc2cc(F)ccc2s1. The number of halogens is 1. The van der Waals surface area contributed by atoms with E-state index in [1.807, 2.05) is 13.0 Å². The number of anilines is 2.